The largest absolute Gasteiger partial charge is 0.325 e. The van der Waals surface area contributed by atoms with Crippen molar-refractivity contribution in [3.63, 3.8) is 0 Å². The predicted octanol–water partition coefficient (Wildman–Crippen LogP) is 5.71. The van der Waals surface area contributed by atoms with E-state index in [1.807, 2.05) is 31.2 Å². The fourth-order valence-electron chi connectivity index (χ4n) is 2.62. The molecule has 0 aromatic heterocycles. The van der Waals surface area contributed by atoms with Crippen molar-refractivity contribution in [1.82, 2.24) is 0 Å². The minimum absolute atomic E-state index is 0.149. The van der Waals surface area contributed by atoms with Gasteiger partial charge in [0.15, 0.2) is 0 Å². The van der Waals surface area contributed by atoms with E-state index in [-0.39, 0.29) is 33.6 Å². The molecule has 5 nitrogen and oxygen atoms in total. The lowest BCUT2D eigenvalue weighted by atomic mass is 10.2. The molecule has 0 radical (unpaired) electrons. The zero-order valence-electron chi connectivity index (χ0n) is 16.6. The summed E-state index contributed by atoms with van der Waals surface area (Å²) in [6.07, 6.45) is 0.222. The summed E-state index contributed by atoms with van der Waals surface area (Å²) in [4.78, 5) is 13.2. The summed E-state index contributed by atoms with van der Waals surface area (Å²) in [6.45, 7) is 2.01. The Hall–Kier alpha value is -2.55. The highest BCUT2D eigenvalue weighted by Crippen LogP contribution is 2.27. The second kappa shape index (κ2) is 10.2. The van der Waals surface area contributed by atoms with Crippen LogP contribution >= 0.6 is 23.4 Å². The molecule has 0 fully saturated rings. The zero-order valence-corrected chi connectivity index (χ0v) is 19.0. The minimum atomic E-state index is -4.07. The average molecular weight is 479 g/mol. The van der Waals surface area contributed by atoms with Crippen LogP contribution in [0.2, 0.25) is 5.02 Å². The van der Waals surface area contributed by atoms with Gasteiger partial charge in [-0.05, 0) is 49.4 Å². The molecule has 9 heteroatoms. The van der Waals surface area contributed by atoms with Crippen molar-refractivity contribution >= 4 is 50.7 Å². The molecule has 0 saturated carbocycles. The average Bonchev–Trinajstić information content (AvgIpc) is 2.72. The first-order chi connectivity index (χ1) is 14.7. The second-order valence-electron chi connectivity index (χ2n) is 6.69. The Morgan fingerprint density at radius 1 is 1.03 bits per heavy atom. The van der Waals surface area contributed by atoms with Crippen LogP contribution in [-0.4, -0.2) is 20.1 Å². The van der Waals surface area contributed by atoms with Gasteiger partial charge in [0, 0.05) is 17.1 Å². The van der Waals surface area contributed by atoms with Gasteiger partial charge in [0.1, 0.15) is 5.82 Å². The standard InChI is InChI=1S/C22H20ClFN2O3S2/c1-15-6-8-16(9-7-15)30-13-12-22(27)25-21-14-17(10-11-18(21)23)31(28,29)26-20-5-3-2-4-19(20)24/h2-11,14,26H,12-13H2,1H3,(H,25,27). The van der Waals surface area contributed by atoms with Gasteiger partial charge in [-0.2, -0.15) is 0 Å². The number of thioether (sulfide) groups is 1. The molecule has 3 aromatic carbocycles. The monoisotopic (exact) mass is 478 g/mol. The van der Waals surface area contributed by atoms with E-state index in [0.29, 0.717) is 5.75 Å². The van der Waals surface area contributed by atoms with Crippen LogP contribution < -0.4 is 10.0 Å². The molecule has 31 heavy (non-hydrogen) atoms. The Morgan fingerprint density at radius 3 is 2.45 bits per heavy atom. The van der Waals surface area contributed by atoms with Gasteiger partial charge < -0.3 is 5.32 Å². The Kier molecular flexibility index (Phi) is 7.59. The van der Waals surface area contributed by atoms with Crippen molar-refractivity contribution in [2.45, 2.75) is 23.1 Å². The Labute approximate surface area is 190 Å². The Morgan fingerprint density at radius 2 is 1.74 bits per heavy atom. The third-order valence-electron chi connectivity index (χ3n) is 4.26. The normalized spacial score (nSPS) is 11.2. The van der Waals surface area contributed by atoms with Crippen LogP contribution in [0.3, 0.4) is 0 Å². The molecule has 0 aliphatic rings. The van der Waals surface area contributed by atoms with E-state index in [2.05, 4.69) is 10.0 Å². The van der Waals surface area contributed by atoms with Gasteiger partial charge in [-0.15, -0.1) is 11.8 Å². The number of carbonyl (C=O) groups excluding carboxylic acids is 1. The summed E-state index contributed by atoms with van der Waals surface area (Å²) < 4.78 is 41.2. The van der Waals surface area contributed by atoms with E-state index < -0.39 is 15.8 Å². The fraction of sp³-hybridized carbons (Fsp3) is 0.136. The first kappa shape index (κ1) is 23.1. The van der Waals surface area contributed by atoms with Gasteiger partial charge in [-0.1, -0.05) is 41.4 Å². The molecule has 162 valence electrons. The highest BCUT2D eigenvalue weighted by atomic mass is 35.5. The summed E-state index contributed by atoms with van der Waals surface area (Å²) in [7, 11) is -4.07. The Balaban J connectivity index is 1.65. The number of para-hydroxylation sites is 1. The van der Waals surface area contributed by atoms with E-state index >= 15 is 0 Å². The van der Waals surface area contributed by atoms with Crippen LogP contribution in [0.25, 0.3) is 0 Å². The lowest BCUT2D eigenvalue weighted by molar-refractivity contribution is -0.115. The topological polar surface area (TPSA) is 75.3 Å². The molecule has 0 heterocycles. The number of anilines is 2. The molecule has 3 aromatic rings. The van der Waals surface area contributed by atoms with E-state index in [1.54, 1.807) is 11.8 Å². The highest BCUT2D eigenvalue weighted by Gasteiger charge is 2.18. The molecule has 0 unspecified atom stereocenters. The maximum atomic E-state index is 13.8. The number of nitrogens with one attached hydrogen (secondary N) is 2. The van der Waals surface area contributed by atoms with E-state index in [4.69, 9.17) is 11.6 Å². The van der Waals surface area contributed by atoms with Crippen LogP contribution in [0.4, 0.5) is 15.8 Å². The van der Waals surface area contributed by atoms with Crippen LogP contribution in [-0.2, 0) is 14.8 Å². The maximum Gasteiger partial charge on any atom is 0.262 e. The molecule has 2 N–H and O–H groups in total. The third kappa shape index (κ3) is 6.46. The summed E-state index contributed by atoms with van der Waals surface area (Å²) in [5.74, 6) is -0.433. The number of halogens is 2. The SMILES string of the molecule is Cc1ccc(SCCC(=O)Nc2cc(S(=O)(=O)Nc3ccccc3F)ccc2Cl)cc1. The number of rotatable bonds is 8. The highest BCUT2D eigenvalue weighted by molar-refractivity contribution is 7.99. The van der Waals surface area contributed by atoms with Crippen molar-refractivity contribution < 1.29 is 17.6 Å². The quantitative estimate of drug-likeness (QED) is 0.407. The van der Waals surface area contributed by atoms with Gasteiger partial charge in [0.2, 0.25) is 5.91 Å². The first-order valence-corrected chi connectivity index (χ1v) is 12.2. The molecule has 0 atom stereocenters. The van der Waals surface area contributed by atoms with E-state index in [0.717, 1.165) is 16.5 Å². The van der Waals surface area contributed by atoms with E-state index in [1.165, 1.54) is 36.4 Å². The lowest BCUT2D eigenvalue weighted by Crippen LogP contribution is -2.16. The summed E-state index contributed by atoms with van der Waals surface area (Å²) >= 11 is 7.67. The van der Waals surface area contributed by atoms with Crippen molar-refractivity contribution in [2.24, 2.45) is 0 Å². The molecular formula is C22H20ClFN2O3S2. The molecule has 0 spiro atoms. The number of aryl methyl sites for hydroxylation is 1. The van der Waals surface area contributed by atoms with Crippen LogP contribution in [0.5, 0.6) is 0 Å². The van der Waals surface area contributed by atoms with Gasteiger partial charge in [-0.3, -0.25) is 9.52 Å². The summed E-state index contributed by atoms with van der Waals surface area (Å²) in [5, 5.41) is 2.84. The molecule has 3 rings (SSSR count). The summed E-state index contributed by atoms with van der Waals surface area (Å²) in [6, 6.07) is 17.3. The van der Waals surface area contributed by atoms with Crippen LogP contribution in [0, 0.1) is 12.7 Å². The fourth-order valence-corrected chi connectivity index (χ4v) is 4.73. The number of sulfonamides is 1. The third-order valence-corrected chi connectivity index (χ3v) is 6.97. The number of amides is 1. The molecule has 0 aliphatic heterocycles. The van der Waals surface area contributed by atoms with Crippen LogP contribution in [0.1, 0.15) is 12.0 Å². The molecule has 1 amide bonds. The number of benzene rings is 3. The van der Waals surface area contributed by atoms with Crippen molar-refractivity contribution in [2.75, 3.05) is 15.8 Å². The first-order valence-electron chi connectivity index (χ1n) is 9.31. The molecule has 0 aliphatic carbocycles. The van der Waals surface area contributed by atoms with Crippen molar-refractivity contribution in [3.05, 3.63) is 83.1 Å². The van der Waals surface area contributed by atoms with Gasteiger partial charge >= 0.3 is 0 Å². The molecule has 0 bridgehead atoms. The van der Waals surface area contributed by atoms with Gasteiger partial charge in [-0.25, -0.2) is 12.8 Å². The predicted molar refractivity (Wildman–Crippen MR) is 124 cm³/mol. The Bertz CT molecular complexity index is 1190. The van der Waals surface area contributed by atoms with Crippen LogP contribution in [0.15, 0.2) is 76.5 Å². The van der Waals surface area contributed by atoms with Gasteiger partial charge in [0.25, 0.3) is 10.0 Å². The molecular weight excluding hydrogens is 459 g/mol. The maximum absolute atomic E-state index is 13.8. The number of hydrogen-bond acceptors (Lipinski definition) is 4. The number of carbonyl (C=O) groups is 1. The van der Waals surface area contributed by atoms with Crippen molar-refractivity contribution in [3.8, 4) is 0 Å². The van der Waals surface area contributed by atoms with Crippen molar-refractivity contribution in [1.29, 1.82) is 0 Å². The number of hydrogen-bond donors (Lipinski definition) is 2. The molecule has 0 saturated heterocycles. The van der Waals surface area contributed by atoms with Gasteiger partial charge in [0.05, 0.1) is 21.3 Å². The second-order valence-corrected chi connectivity index (χ2v) is 9.94. The zero-order chi connectivity index (χ0) is 22.4. The summed E-state index contributed by atoms with van der Waals surface area (Å²) in [5.41, 5.74) is 1.16. The smallest absolute Gasteiger partial charge is 0.262 e. The minimum Gasteiger partial charge on any atom is -0.325 e. The lowest BCUT2D eigenvalue weighted by Gasteiger charge is -2.12. The van der Waals surface area contributed by atoms with E-state index in [9.17, 15) is 17.6 Å².